The molecule has 0 fully saturated rings. The van der Waals surface area contributed by atoms with E-state index in [1.165, 1.54) is 26.4 Å². The molecule has 1 aromatic rings. The van der Waals surface area contributed by atoms with E-state index in [2.05, 4.69) is 10.3 Å². The Kier molecular flexibility index (Phi) is 4.44. The number of anilines is 1. The van der Waals surface area contributed by atoms with Crippen LogP contribution in [-0.2, 0) is 10.0 Å². The summed E-state index contributed by atoms with van der Waals surface area (Å²) >= 11 is 0. The number of aromatic nitrogens is 1. The lowest BCUT2D eigenvalue weighted by Gasteiger charge is -2.12. The summed E-state index contributed by atoms with van der Waals surface area (Å²) in [5, 5.41) is 12.0. The van der Waals surface area contributed by atoms with Crippen molar-refractivity contribution in [2.45, 2.75) is 17.9 Å². The fourth-order valence-corrected chi connectivity index (χ4v) is 1.95. The molecule has 0 bridgehead atoms. The minimum Gasteiger partial charge on any atom is -0.392 e. The van der Waals surface area contributed by atoms with Crippen LogP contribution in [0.4, 0.5) is 5.82 Å². The summed E-state index contributed by atoms with van der Waals surface area (Å²) in [4.78, 5) is 4.11. The number of hydrogen-bond acceptors (Lipinski definition) is 5. The summed E-state index contributed by atoms with van der Waals surface area (Å²) in [5.74, 6) is 0.531. The second-order valence-corrected chi connectivity index (χ2v) is 6.05. The van der Waals surface area contributed by atoms with Gasteiger partial charge in [-0.2, -0.15) is 0 Å². The standard InChI is InChI=1S/C10H17N3O3S/c1-8(14)6-11-10-5-4-9(7-12-10)17(15,16)13(2)3/h4-5,7-8,14H,6H2,1-3H3,(H,11,12). The van der Waals surface area contributed by atoms with Crippen molar-refractivity contribution in [2.75, 3.05) is 26.0 Å². The number of sulfonamides is 1. The van der Waals surface area contributed by atoms with Crippen LogP contribution in [0.3, 0.4) is 0 Å². The van der Waals surface area contributed by atoms with Gasteiger partial charge in [-0.15, -0.1) is 0 Å². The van der Waals surface area contributed by atoms with Gasteiger partial charge in [-0.05, 0) is 19.1 Å². The van der Waals surface area contributed by atoms with Crippen LogP contribution >= 0.6 is 0 Å². The molecular weight excluding hydrogens is 242 g/mol. The fourth-order valence-electron chi connectivity index (χ4n) is 1.10. The van der Waals surface area contributed by atoms with Crippen molar-refractivity contribution in [3.8, 4) is 0 Å². The Labute approximate surface area is 101 Å². The zero-order valence-corrected chi connectivity index (χ0v) is 10.9. The maximum atomic E-state index is 11.7. The van der Waals surface area contributed by atoms with Crippen molar-refractivity contribution in [2.24, 2.45) is 0 Å². The second-order valence-electron chi connectivity index (χ2n) is 3.90. The first kappa shape index (κ1) is 13.9. The Morgan fingerprint density at radius 1 is 1.47 bits per heavy atom. The number of nitrogens with zero attached hydrogens (tertiary/aromatic N) is 2. The summed E-state index contributed by atoms with van der Waals surface area (Å²) in [6.45, 7) is 2.02. The molecule has 0 amide bonds. The lowest BCUT2D eigenvalue weighted by molar-refractivity contribution is 0.208. The van der Waals surface area contributed by atoms with E-state index < -0.39 is 16.1 Å². The van der Waals surface area contributed by atoms with Gasteiger partial charge in [0, 0.05) is 26.8 Å². The Morgan fingerprint density at radius 2 is 2.12 bits per heavy atom. The summed E-state index contributed by atoms with van der Waals surface area (Å²) < 4.78 is 24.6. The molecule has 0 aliphatic carbocycles. The Balaban J connectivity index is 2.82. The fraction of sp³-hybridized carbons (Fsp3) is 0.500. The van der Waals surface area contributed by atoms with E-state index in [4.69, 9.17) is 5.11 Å². The summed E-state index contributed by atoms with van der Waals surface area (Å²) in [5.41, 5.74) is 0. The number of aliphatic hydroxyl groups is 1. The van der Waals surface area contributed by atoms with Crippen molar-refractivity contribution in [1.29, 1.82) is 0 Å². The third-order valence-electron chi connectivity index (χ3n) is 2.09. The summed E-state index contributed by atoms with van der Waals surface area (Å²) in [6.07, 6.45) is 0.807. The molecule has 17 heavy (non-hydrogen) atoms. The molecule has 0 aliphatic rings. The molecule has 0 aromatic carbocycles. The number of hydrogen-bond donors (Lipinski definition) is 2. The summed E-state index contributed by atoms with van der Waals surface area (Å²) in [6, 6.07) is 3.05. The molecule has 0 spiro atoms. The monoisotopic (exact) mass is 259 g/mol. The Morgan fingerprint density at radius 3 is 2.53 bits per heavy atom. The molecule has 0 aliphatic heterocycles. The van der Waals surface area contributed by atoms with E-state index in [0.717, 1.165) is 4.31 Å². The van der Waals surface area contributed by atoms with Crippen LogP contribution in [0.2, 0.25) is 0 Å². The van der Waals surface area contributed by atoms with Gasteiger partial charge in [0.15, 0.2) is 0 Å². The van der Waals surface area contributed by atoms with E-state index in [0.29, 0.717) is 12.4 Å². The van der Waals surface area contributed by atoms with Crippen molar-refractivity contribution < 1.29 is 13.5 Å². The predicted molar refractivity (Wildman–Crippen MR) is 65.3 cm³/mol. The molecule has 6 nitrogen and oxygen atoms in total. The number of aliphatic hydroxyl groups excluding tert-OH is 1. The highest BCUT2D eigenvalue weighted by atomic mass is 32.2. The van der Waals surface area contributed by atoms with Crippen molar-refractivity contribution in [3.05, 3.63) is 18.3 Å². The zero-order chi connectivity index (χ0) is 13.1. The number of rotatable bonds is 5. The lowest BCUT2D eigenvalue weighted by atomic mass is 10.4. The van der Waals surface area contributed by atoms with Gasteiger partial charge >= 0.3 is 0 Å². The van der Waals surface area contributed by atoms with E-state index in [1.807, 2.05) is 0 Å². The quantitative estimate of drug-likeness (QED) is 0.785. The molecule has 1 heterocycles. The molecule has 1 atom stereocenters. The predicted octanol–water partition coefficient (Wildman–Crippen LogP) is 0.125. The molecule has 1 aromatic heterocycles. The third kappa shape index (κ3) is 3.65. The molecule has 0 saturated carbocycles. The highest BCUT2D eigenvalue weighted by Crippen LogP contribution is 2.13. The topological polar surface area (TPSA) is 82.5 Å². The first-order valence-electron chi connectivity index (χ1n) is 5.14. The maximum absolute atomic E-state index is 11.7. The van der Waals surface area contributed by atoms with Gasteiger partial charge in [0.25, 0.3) is 0 Å². The SMILES string of the molecule is CC(O)CNc1ccc(S(=O)(=O)N(C)C)cn1. The van der Waals surface area contributed by atoms with E-state index in [-0.39, 0.29) is 4.90 Å². The van der Waals surface area contributed by atoms with E-state index in [9.17, 15) is 8.42 Å². The Bertz CT molecular complexity index is 454. The first-order chi connectivity index (χ1) is 7.84. The minimum atomic E-state index is -3.43. The van der Waals surface area contributed by atoms with Gasteiger partial charge in [-0.1, -0.05) is 0 Å². The highest BCUT2D eigenvalue weighted by molar-refractivity contribution is 7.89. The second kappa shape index (κ2) is 5.44. The van der Waals surface area contributed by atoms with Gasteiger partial charge in [0.2, 0.25) is 10.0 Å². The van der Waals surface area contributed by atoms with Crippen molar-refractivity contribution in [3.63, 3.8) is 0 Å². The van der Waals surface area contributed by atoms with Crippen LogP contribution in [0.15, 0.2) is 23.2 Å². The van der Waals surface area contributed by atoms with E-state index in [1.54, 1.807) is 13.0 Å². The van der Waals surface area contributed by atoms with Crippen LogP contribution in [0.5, 0.6) is 0 Å². The highest BCUT2D eigenvalue weighted by Gasteiger charge is 2.17. The van der Waals surface area contributed by atoms with Gasteiger partial charge < -0.3 is 10.4 Å². The number of pyridine rings is 1. The first-order valence-corrected chi connectivity index (χ1v) is 6.58. The molecule has 7 heteroatoms. The molecule has 2 N–H and O–H groups in total. The molecule has 0 saturated heterocycles. The largest absolute Gasteiger partial charge is 0.392 e. The molecule has 0 radical (unpaired) electrons. The normalized spacial score (nSPS) is 13.7. The molecule has 1 rings (SSSR count). The number of nitrogens with one attached hydrogen (secondary N) is 1. The minimum absolute atomic E-state index is 0.144. The average Bonchev–Trinajstić information content (AvgIpc) is 2.26. The molecule has 1 unspecified atom stereocenters. The van der Waals surface area contributed by atoms with Gasteiger partial charge in [0.1, 0.15) is 10.7 Å². The molecule has 96 valence electrons. The molecular formula is C10H17N3O3S. The van der Waals surface area contributed by atoms with Crippen LogP contribution in [0, 0.1) is 0 Å². The van der Waals surface area contributed by atoms with Crippen molar-refractivity contribution >= 4 is 15.8 Å². The smallest absolute Gasteiger partial charge is 0.244 e. The average molecular weight is 259 g/mol. The van der Waals surface area contributed by atoms with Crippen LogP contribution in [0.25, 0.3) is 0 Å². The van der Waals surface area contributed by atoms with Gasteiger partial charge in [-0.25, -0.2) is 17.7 Å². The van der Waals surface area contributed by atoms with Crippen LogP contribution in [0.1, 0.15) is 6.92 Å². The van der Waals surface area contributed by atoms with Crippen molar-refractivity contribution in [1.82, 2.24) is 9.29 Å². The maximum Gasteiger partial charge on any atom is 0.244 e. The van der Waals surface area contributed by atoms with Gasteiger partial charge in [-0.3, -0.25) is 0 Å². The van der Waals surface area contributed by atoms with E-state index >= 15 is 0 Å². The zero-order valence-electron chi connectivity index (χ0n) is 10.1. The Hall–Kier alpha value is -1.18. The third-order valence-corrected chi connectivity index (χ3v) is 3.89. The summed E-state index contributed by atoms with van der Waals surface area (Å²) in [7, 11) is -0.497. The van der Waals surface area contributed by atoms with Crippen LogP contribution in [-0.4, -0.2) is 49.6 Å². The van der Waals surface area contributed by atoms with Gasteiger partial charge in [0.05, 0.1) is 6.10 Å². The lowest BCUT2D eigenvalue weighted by Crippen LogP contribution is -2.22. The van der Waals surface area contributed by atoms with Crippen LogP contribution < -0.4 is 5.32 Å².